The quantitative estimate of drug-likeness (QED) is 0.783. The van der Waals surface area contributed by atoms with Crippen LogP contribution in [0.5, 0.6) is 0 Å². The van der Waals surface area contributed by atoms with Gasteiger partial charge in [-0.1, -0.05) is 31.2 Å². The fourth-order valence-corrected chi connectivity index (χ4v) is 2.34. The minimum Gasteiger partial charge on any atom is -0.313 e. The van der Waals surface area contributed by atoms with Gasteiger partial charge in [-0.2, -0.15) is 0 Å². The predicted molar refractivity (Wildman–Crippen MR) is 83.3 cm³/mol. The van der Waals surface area contributed by atoms with Crippen molar-refractivity contribution in [1.29, 1.82) is 0 Å². The van der Waals surface area contributed by atoms with E-state index in [2.05, 4.69) is 44.3 Å². The van der Waals surface area contributed by atoms with Crippen molar-refractivity contribution in [3.63, 3.8) is 0 Å². The van der Waals surface area contributed by atoms with Gasteiger partial charge in [0.2, 0.25) is 0 Å². The lowest BCUT2D eigenvalue weighted by molar-refractivity contribution is 0.587. The SMILES string of the molecule is CCCNCc1cc(-c2cccc(C)c2C)ccc1F. The molecule has 20 heavy (non-hydrogen) atoms. The highest BCUT2D eigenvalue weighted by Gasteiger charge is 2.07. The highest BCUT2D eigenvalue weighted by atomic mass is 19.1. The van der Waals surface area contributed by atoms with Crippen LogP contribution < -0.4 is 5.32 Å². The summed E-state index contributed by atoms with van der Waals surface area (Å²) < 4.78 is 13.9. The fourth-order valence-electron chi connectivity index (χ4n) is 2.34. The van der Waals surface area contributed by atoms with Crippen LogP contribution in [0.1, 0.15) is 30.0 Å². The lowest BCUT2D eigenvalue weighted by atomic mass is 9.96. The van der Waals surface area contributed by atoms with Crippen LogP contribution in [0.25, 0.3) is 11.1 Å². The van der Waals surface area contributed by atoms with Gasteiger partial charge in [0.1, 0.15) is 5.82 Å². The summed E-state index contributed by atoms with van der Waals surface area (Å²) in [6.45, 7) is 7.82. The Balaban J connectivity index is 2.33. The molecule has 1 N–H and O–H groups in total. The Kier molecular flexibility index (Phi) is 4.91. The van der Waals surface area contributed by atoms with Crippen molar-refractivity contribution < 1.29 is 4.39 Å². The van der Waals surface area contributed by atoms with E-state index in [1.807, 2.05) is 12.1 Å². The second-order valence-corrected chi connectivity index (χ2v) is 5.23. The molecule has 0 aliphatic rings. The van der Waals surface area contributed by atoms with Gasteiger partial charge in [-0.3, -0.25) is 0 Å². The molecule has 2 rings (SSSR count). The summed E-state index contributed by atoms with van der Waals surface area (Å²) in [5.41, 5.74) is 5.52. The third-order valence-corrected chi connectivity index (χ3v) is 3.70. The molecule has 0 unspecified atom stereocenters. The van der Waals surface area contributed by atoms with Crippen molar-refractivity contribution >= 4 is 0 Å². The topological polar surface area (TPSA) is 12.0 Å². The largest absolute Gasteiger partial charge is 0.313 e. The Morgan fingerprint density at radius 1 is 1.10 bits per heavy atom. The Labute approximate surface area is 120 Å². The molecule has 0 heterocycles. The third-order valence-electron chi connectivity index (χ3n) is 3.70. The molecule has 0 bridgehead atoms. The standard InChI is InChI=1S/C18H22FN/c1-4-10-20-12-16-11-15(8-9-18(16)19)17-7-5-6-13(2)14(17)3/h5-9,11,20H,4,10,12H2,1-3H3. The highest BCUT2D eigenvalue weighted by Crippen LogP contribution is 2.27. The molecular formula is C18H22FN. The molecule has 0 aliphatic carbocycles. The van der Waals surface area contributed by atoms with Gasteiger partial charge in [-0.15, -0.1) is 0 Å². The van der Waals surface area contributed by atoms with E-state index in [4.69, 9.17) is 0 Å². The maximum atomic E-state index is 13.9. The summed E-state index contributed by atoms with van der Waals surface area (Å²) in [7, 11) is 0. The summed E-state index contributed by atoms with van der Waals surface area (Å²) in [4.78, 5) is 0. The molecule has 0 aliphatic heterocycles. The van der Waals surface area contributed by atoms with Crippen molar-refractivity contribution in [2.75, 3.05) is 6.54 Å². The first-order chi connectivity index (χ1) is 9.63. The first-order valence-electron chi connectivity index (χ1n) is 7.19. The van der Waals surface area contributed by atoms with Crippen LogP contribution in [-0.2, 0) is 6.54 Å². The number of hydrogen-bond acceptors (Lipinski definition) is 1. The Bertz CT molecular complexity index is 590. The van der Waals surface area contributed by atoms with Crippen molar-refractivity contribution in [3.8, 4) is 11.1 Å². The van der Waals surface area contributed by atoms with Crippen LogP contribution in [0.4, 0.5) is 4.39 Å². The minimum absolute atomic E-state index is 0.136. The van der Waals surface area contributed by atoms with Crippen LogP contribution in [0, 0.1) is 19.7 Å². The van der Waals surface area contributed by atoms with E-state index in [0.717, 1.165) is 24.1 Å². The summed E-state index contributed by atoms with van der Waals surface area (Å²) in [5, 5.41) is 3.26. The number of rotatable bonds is 5. The average Bonchev–Trinajstić information content (AvgIpc) is 2.44. The predicted octanol–water partition coefficient (Wildman–Crippen LogP) is 4.61. The lowest BCUT2D eigenvalue weighted by Gasteiger charge is -2.11. The van der Waals surface area contributed by atoms with E-state index < -0.39 is 0 Å². The molecule has 2 aromatic rings. The van der Waals surface area contributed by atoms with Crippen molar-refractivity contribution in [3.05, 3.63) is 58.9 Å². The summed E-state index contributed by atoms with van der Waals surface area (Å²) in [6, 6.07) is 11.6. The Morgan fingerprint density at radius 3 is 2.65 bits per heavy atom. The van der Waals surface area contributed by atoms with Crippen molar-refractivity contribution in [1.82, 2.24) is 5.32 Å². The molecule has 0 saturated carbocycles. The van der Waals surface area contributed by atoms with E-state index in [-0.39, 0.29) is 5.82 Å². The van der Waals surface area contributed by atoms with E-state index in [0.29, 0.717) is 6.54 Å². The van der Waals surface area contributed by atoms with Crippen LogP contribution in [0.2, 0.25) is 0 Å². The number of halogens is 1. The fraction of sp³-hybridized carbons (Fsp3) is 0.333. The molecule has 0 atom stereocenters. The molecule has 0 saturated heterocycles. The first-order valence-corrected chi connectivity index (χ1v) is 7.19. The van der Waals surface area contributed by atoms with Gasteiger partial charge in [0.05, 0.1) is 0 Å². The molecular weight excluding hydrogens is 249 g/mol. The molecule has 106 valence electrons. The van der Waals surface area contributed by atoms with Gasteiger partial charge >= 0.3 is 0 Å². The van der Waals surface area contributed by atoms with Gasteiger partial charge in [0.15, 0.2) is 0 Å². The summed E-state index contributed by atoms with van der Waals surface area (Å²) in [5.74, 6) is -0.136. The molecule has 0 aromatic heterocycles. The maximum absolute atomic E-state index is 13.9. The molecule has 0 spiro atoms. The number of aryl methyl sites for hydroxylation is 1. The molecule has 2 heteroatoms. The zero-order chi connectivity index (χ0) is 14.5. The minimum atomic E-state index is -0.136. The van der Waals surface area contributed by atoms with Crippen LogP contribution in [0.15, 0.2) is 36.4 Å². The van der Waals surface area contributed by atoms with E-state index in [1.165, 1.54) is 16.7 Å². The van der Waals surface area contributed by atoms with Crippen LogP contribution in [0.3, 0.4) is 0 Å². The van der Waals surface area contributed by atoms with Gasteiger partial charge < -0.3 is 5.32 Å². The third kappa shape index (κ3) is 3.26. The lowest BCUT2D eigenvalue weighted by Crippen LogP contribution is -2.14. The molecule has 2 aromatic carbocycles. The molecule has 0 radical (unpaired) electrons. The van der Waals surface area contributed by atoms with Gasteiger partial charge in [-0.25, -0.2) is 4.39 Å². The average molecular weight is 271 g/mol. The zero-order valence-electron chi connectivity index (χ0n) is 12.5. The van der Waals surface area contributed by atoms with Crippen LogP contribution in [-0.4, -0.2) is 6.54 Å². The first kappa shape index (κ1) is 14.7. The second-order valence-electron chi connectivity index (χ2n) is 5.23. The summed E-state index contributed by atoms with van der Waals surface area (Å²) in [6.07, 6.45) is 1.05. The smallest absolute Gasteiger partial charge is 0.127 e. The Morgan fingerprint density at radius 2 is 1.90 bits per heavy atom. The monoisotopic (exact) mass is 271 g/mol. The van der Waals surface area contributed by atoms with E-state index in [1.54, 1.807) is 6.07 Å². The van der Waals surface area contributed by atoms with Crippen molar-refractivity contribution in [2.24, 2.45) is 0 Å². The highest BCUT2D eigenvalue weighted by molar-refractivity contribution is 5.69. The van der Waals surface area contributed by atoms with Crippen molar-refractivity contribution in [2.45, 2.75) is 33.7 Å². The van der Waals surface area contributed by atoms with Gasteiger partial charge in [0, 0.05) is 12.1 Å². The van der Waals surface area contributed by atoms with Gasteiger partial charge in [-0.05, 0) is 61.2 Å². The molecule has 0 fully saturated rings. The number of hydrogen-bond donors (Lipinski definition) is 1. The molecule has 0 amide bonds. The normalized spacial score (nSPS) is 10.8. The zero-order valence-corrected chi connectivity index (χ0v) is 12.5. The van der Waals surface area contributed by atoms with Gasteiger partial charge in [0.25, 0.3) is 0 Å². The number of benzene rings is 2. The second kappa shape index (κ2) is 6.67. The van der Waals surface area contributed by atoms with E-state index >= 15 is 0 Å². The maximum Gasteiger partial charge on any atom is 0.127 e. The Hall–Kier alpha value is -1.67. The molecule has 1 nitrogen and oxygen atoms in total. The van der Waals surface area contributed by atoms with E-state index in [9.17, 15) is 4.39 Å². The van der Waals surface area contributed by atoms with Crippen LogP contribution >= 0.6 is 0 Å². The number of nitrogens with one attached hydrogen (secondary N) is 1. The summed E-state index contributed by atoms with van der Waals surface area (Å²) >= 11 is 0.